The summed E-state index contributed by atoms with van der Waals surface area (Å²) in [5, 5.41) is 4.97. The SMILES string of the molecule is Nc1c(S(=O)(=O)c2ccccc2)c2nc3ccccc3nc2n1N=Cc1cccc(Cl)c1. The molecule has 32 heavy (non-hydrogen) atoms. The molecule has 2 aromatic heterocycles. The van der Waals surface area contributed by atoms with Gasteiger partial charge in [0, 0.05) is 5.02 Å². The summed E-state index contributed by atoms with van der Waals surface area (Å²) < 4.78 is 28.3. The summed E-state index contributed by atoms with van der Waals surface area (Å²) >= 11 is 6.06. The van der Waals surface area contributed by atoms with Crippen LogP contribution in [0, 0.1) is 0 Å². The van der Waals surface area contributed by atoms with E-state index < -0.39 is 9.84 Å². The number of rotatable bonds is 4. The monoisotopic (exact) mass is 461 g/mol. The second-order valence-corrected chi connectivity index (χ2v) is 9.35. The summed E-state index contributed by atoms with van der Waals surface area (Å²) in [6, 6.07) is 22.4. The van der Waals surface area contributed by atoms with Gasteiger partial charge in [-0.25, -0.2) is 18.4 Å². The van der Waals surface area contributed by atoms with Crippen molar-refractivity contribution >= 4 is 55.7 Å². The highest BCUT2D eigenvalue weighted by atomic mass is 35.5. The topological polar surface area (TPSA) is 103 Å². The quantitative estimate of drug-likeness (QED) is 0.396. The lowest BCUT2D eigenvalue weighted by Gasteiger charge is -2.04. The van der Waals surface area contributed by atoms with Crippen LogP contribution in [-0.4, -0.2) is 29.3 Å². The molecule has 0 spiro atoms. The molecule has 0 aliphatic rings. The molecule has 0 amide bonds. The van der Waals surface area contributed by atoms with E-state index in [0.29, 0.717) is 16.1 Å². The number of nitrogens with two attached hydrogens (primary N) is 1. The third-order valence-electron chi connectivity index (χ3n) is 4.92. The normalized spacial score (nSPS) is 12.2. The maximum atomic E-state index is 13.5. The summed E-state index contributed by atoms with van der Waals surface area (Å²) in [4.78, 5) is 9.18. The average Bonchev–Trinajstić information content (AvgIpc) is 3.07. The molecular formula is C23H16ClN5O2S. The average molecular weight is 462 g/mol. The third kappa shape index (κ3) is 3.39. The molecule has 0 fully saturated rings. The molecule has 0 unspecified atom stereocenters. The summed E-state index contributed by atoms with van der Waals surface area (Å²) in [5.74, 6) is -0.0718. The van der Waals surface area contributed by atoms with Crippen molar-refractivity contribution in [3.05, 3.63) is 89.4 Å². The van der Waals surface area contributed by atoms with Gasteiger partial charge in [-0.05, 0) is 42.0 Å². The molecule has 0 radical (unpaired) electrons. The van der Waals surface area contributed by atoms with Crippen LogP contribution in [0.5, 0.6) is 0 Å². The molecule has 3 aromatic carbocycles. The molecule has 5 rings (SSSR count). The standard InChI is InChI=1S/C23H16ClN5O2S/c24-16-8-6-7-15(13-16)14-26-29-22(25)21(32(30,31)17-9-2-1-3-10-17)20-23(29)28-19-12-5-4-11-18(19)27-20/h1-14H,25H2. The minimum absolute atomic E-state index is 0.0718. The maximum Gasteiger partial charge on any atom is 0.212 e. The number of benzene rings is 3. The molecule has 0 aliphatic heterocycles. The van der Waals surface area contributed by atoms with E-state index in [-0.39, 0.29) is 26.8 Å². The van der Waals surface area contributed by atoms with Gasteiger partial charge in [0.1, 0.15) is 16.2 Å². The second-order valence-electron chi connectivity index (χ2n) is 7.03. The first-order chi connectivity index (χ1) is 15.4. The predicted molar refractivity (Wildman–Crippen MR) is 126 cm³/mol. The minimum atomic E-state index is -3.98. The summed E-state index contributed by atoms with van der Waals surface area (Å²) in [6.45, 7) is 0. The van der Waals surface area contributed by atoms with Crippen LogP contribution in [0.1, 0.15) is 5.56 Å². The largest absolute Gasteiger partial charge is 0.382 e. The van der Waals surface area contributed by atoms with Crippen molar-refractivity contribution < 1.29 is 8.42 Å². The van der Waals surface area contributed by atoms with Gasteiger partial charge in [-0.15, -0.1) is 0 Å². The van der Waals surface area contributed by atoms with Gasteiger partial charge < -0.3 is 5.73 Å². The molecule has 0 atom stereocenters. The second kappa shape index (κ2) is 7.74. The Labute approximate surface area is 188 Å². The third-order valence-corrected chi connectivity index (χ3v) is 6.99. The fraction of sp³-hybridized carbons (Fsp3) is 0. The van der Waals surface area contributed by atoms with Gasteiger partial charge in [0.25, 0.3) is 0 Å². The lowest BCUT2D eigenvalue weighted by Crippen LogP contribution is -2.06. The number of sulfone groups is 1. The fourth-order valence-corrected chi connectivity index (χ4v) is 5.14. The Morgan fingerprint density at radius 2 is 1.59 bits per heavy atom. The van der Waals surface area contributed by atoms with Crippen LogP contribution < -0.4 is 5.73 Å². The molecule has 2 heterocycles. The minimum Gasteiger partial charge on any atom is -0.382 e. The highest BCUT2D eigenvalue weighted by molar-refractivity contribution is 7.92. The van der Waals surface area contributed by atoms with Crippen molar-refractivity contribution in [2.45, 2.75) is 9.79 Å². The highest BCUT2D eigenvalue weighted by Gasteiger charge is 2.30. The van der Waals surface area contributed by atoms with Gasteiger partial charge in [-0.1, -0.05) is 54.1 Å². The van der Waals surface area contributed by atoms with Crippen molar-refractivity contribution in [2.75, 3.05) is 5.73 Å². The Balaban J connectivity index is 1.81. The van der Waals surface area contributed by atoms with Crippen LogP contribution in [0.2, 0.25) is 5.02 Å². The zero-order valence-corrected chi connectivity index (χ0v) is 18.1. The van der Waals surface area contributed by atoms with Crippen LogP contribution in [-0.2, 0) is 9.84 Å². The van der Waals surface area contributed by atoms with Gasteiger partial charge in [0.15, 0.2) is 5.65 Å². The van der Waals surface area contributed by atoms with E-state index in [2.05, 4.69) is 15.1 Å². The van der Waals surface area contributed by atoms with Crippen molar-refractivity contribution in [1.82, 2.24) is 14.6 Å². The van der Waals surface area contributed by atoms with Crippen LogP contribution in [0.4, 0.5) is 5.82 Å². The molecule has 7 nitrogen and oxygen atoms in total. The van der Waals surface area contributed by atoms with Crippen LogP contribution in [0.25, 0.3) is 22.2 Å². The van der Waals surface area contributed by atoms with Crippen LogP contribution in [0.3, 0.4) is 0 Å². The Morgan fingerprint density at radius 1 is 0.906 bits per heavy atom. The molecule has 0 saturated carbocycles. The number of fused-ring (bicyclic) bond motifs is 2. The maximum absolute atomic E-state index is 13.5. The van der Waals surface area contributed by atoms with E-state index in [9.17, 15) is 8.42 Å². The van der Waals surface area contributed by atoms with Crippen LogP contribution in [0.15, 0.2) is 93.8 Å². The zero-order valence-electron chi connectivity index (χ0n) is 16.6. The van der Waals surface area contributed by atoms with Gasteiger partial charge in [0.2, 0.25) is 9.84 Å². The number of anilines is 1. The zero-order chi connectivity index (χ0) is 22.3. The molecule has 0 bridgehead atoms. The Bertz CT molecular complexity index is 1610. The number of nitrogens with zero attached hydrogens (tertiary/aromatic N) is 4. The molecule has 0 saturated heterocycles. The van der Waals surface area contributed by atoms with E-state index >= 15 is 0 Å². The molecule has 0 aliphatic carbocycles. The molecule has 5 aromatic rings. The fourth-order valence-electron chi connectivity index (χ4n) is 3.43. The first-order valence-electron chi connectivity index (χ1n) is 9.62. The predicted octanol–water partition coefficient (Wildman–Crippen LogP) is 4.54. The van der Waals surface area contributed by atoms with Gasteiger partial charge in [0.05, 0.1) is 22.1 Å². The van der Waals surface area contributed by atoms with Gasteiger partial charge >= 0.3 is 0 Å². The highest BCUT2D eigenvalue weighted by Crippen LogP contribution is 2.35. The summed E-state index contributed by atoms with van der Waals surface area (Å²) in [5.41, 5.74) is 8.64. The van der Waals surface area contributed by atoms with Gasteiger partial charge in [-0.3, -0.25) is 0 Å². The number of nitrogen functional groups attached to an aromatic ring is 1. The lowest BCUT2D eigenvalue weighted by molar-refractivity contribution is 0.597. The van der Waals surface area contributed by atoms with E-state index in [0.717, 1.165) is 5.56 Å². The number of halogens is 1. The molecule has 158 valence electrons. The van der Waals surface area contributed by atoms with E-state index in [1.165, 1.54) is 23.0 Å². The van der Waals surface area contributed by atoms with E-state index in [1.807, 2.05) is 18.2 Å². The smallest absolute Gasteiger partial charge is 0.212 e. The summed E-state index contributed by atoms with van der Waals surface area (Å²) in [6.07, 6.45) is 1.54. The summed E-state index contributed by atoms with van der Waals surface area (Å²) in [7, 11) is -3.98. The molecule has 9 heteroatoms. The van der Waals surface area contributed by atoms with E-state index in [4.69, 9.17) is 17.3 Å². The first kappa shape index (κ1) is 20.2. The van der Waals surface area contributed by atoms with Crippen molar-refractivity contribution in [1.29, 1.82) is 0 Å². The number of para-hydroxylation sites is 2. The van der Waals surface area contributed by atoms with Crippen LogP contribution >= 0.6 is 11.6 Å². The number of aromatic nitrogens is 3. The number of hydrogen-bond donors (Lipinski definition) is 1. The van der Waals surface area contributed by atoms with Crippen molar-refractivity contribution in [3.8, 4) is 0 Å². The molecule has 2 N–H and O–H groups in total. The Kier molecular flexibility index (Phi) is 4.88. The lowest BCUT2D eigenvalue weighted by atomic mass is 10.2. The molecular weight excluding hydrogens is 446 g/mol. The first-order valence-corrected chi connectivity index (χ1v) is 11.5. The van der Waals surface area contributed by atoms with E-state index in [1.54, 1.807) is 48.5 Å². The van der Waals surface area contributed by atoms with Gasteiger partial charge in [-0.2, -0.15) is 9.78 Å². The Morgan fingerprint density at radius 3 is 2.31 bits per heavy atom. The number of hydrogen-bond acceptors (Lipinski definition) is 6. The van der Waals surface area contributed by atoms with Crippen molar-refractivity contribution in [2.24, 2.45) is 5.10 Å². The van der Waals surface area contributed by atoms with Crippen molar-refractivity contribution in [3.63, 3.8) is 0 Å². The Hall–Kier alpha value is -3.75.